The standard InChI is InChI=1S/C15H22BrFN4/c1-2-21-7-3-4-12(21)10-20-15(18)19-9-11-5-6-13(16)14(17)8-11/h5-6,8,12H,2-4,7,9-10H2,1H3,(H3,18,19,20). The molecular weight excluding hydrogens is 335 g/mol. The lowest BCUT2D eigenvalue weighted by molar-refractivity contribution is 0.267. The number of hydrogen-bond donors (Lipinski definition) is 2. The number of hydrogen-bond acceptors (Lipinski definition) is 2. The number of nitrogens with zero attached hydrogens (tertiary/aromatic N) is 2. The summed E-state index contributed by atoms with van der Waals surface area (Å²) in [4.78, 5) is 6.71. The van der Waals surface area contributed by atoms with Crippen LogP contribution in [0.3, 0.4) is 0 Å². The number of benzene rings is 1. The maximum absolute atomic E-state index is 13.4. The molecule has 1 fully saturated rings. The lowest BCUT2D eigenvalue weighted by atomic mass is 10.2. The zero-order valence-electron chi connectivity index (χ0n) is 12.3. The SMILES string of the molecule is CCN1CCCC1CNC(N)=NCc1ccc(Br)c(F)c1. The minimum absolute atomic E-state index is 0.279. The van der Waals surface area contributed by atoms with Crippen molar-refractivity contribution in [2.45, 2.75) is 32.4 Å². The Morgan fingerprint density at radius 3 is 3.10 bits per heavy atom. The van der Waals surface area contributed by atoms with Crippen LogP contribution in [0.4, 0.5) is 4.39 Å². The Kier molecular flexibility index (Phi) is 5.99. The minimum atomic E-state index is -0.279. The Bertz CT molecular complexity index is 506. The summed E-state index contributed by atoms with van der Waals surface area (Å²) in [7, 11) is 0. The van der Waals surface area contributed by atoms with Crippen LogP contribution in [0, 0.1) is 5.82 Å². The Morgan fingerprint density at radius 1 is 1.57 bits per heavy atom. The summed E-state index contributed by atoms with van der Waals surface area (Å²) < 4.78 is 13.9. The molecular formula is C15H22BrFN4. The van der Waals surface area contributed by atoms with E-state index in [1.54, 1.807) is 6.07 Å². The van der Waals surface area contributed by atoms with Crippen LogP contribution in [0.2, 0.25) is 0 Å². The van der Waals surface area contributed by atoms with Crippen molar-refractivity contribution < 1.29 is 4.39 Å². The lowest BCUT2D eigenvalue weighted by Crippen LogP contribution is -2.42. The Hall–Kier alpha value is -1.14. The van der Waals surface area contributed by atoms with Gasteiger partial charge < -0.3 is 11.1 Å². The van der Waals surface area contributed by atoms with Gasteiger partial charge >= 0.3 is 0 Å². The fourth-order valence-electron chi connectivity index (χ4n) is 2.64. The largest absolute Gasteiger partial charge is 0.370 e. The number of guanidine groups is 1. The summed E-state index contributed by atoms with van der Waals surface area (Å²) in [6, 6.07) is 5.52. The second kappa shape index (κ2) is 7.75. The first-order chi connectivity index (χ1) is 10.1. The second-order valence-electron chi connectivity index (χ2n) is 5.26. The molecule has 3 N–H and O–H groups in total. The van der Waals surface area contributed by atoms with Crippen molar-refractivity contribution in [2.75, 3.05) is 19.6 Å². The average Bonchev–Trinajstić information content (AvgIpc) is 2.94. The van der Waals surface area contributed by atoms with Gasteiger partial charge in [-0.3, -0.25) is 4.90 Å². The van der Waals surface area contributed by atoms with Crippen molar-refractivity contribution in [3.63, 3.8) is 0 Å². The maximum atomic E-state index is 13.4. The molecule has 4 nitrogen and oxygen atoms in total. The molecule has 0 amide bonds. The molecule has 1 atom stereocenters. The van der Waals surface area contributed by atoms with Crippen LogP contribution in [0.25, 0.3) is 0 Å². The molecule has 1 saturated heterocycles. The van der Waals surface area contributed by atoms with Crippen molar-refractivity contribution in [1.82, 2.24) is 10.2 Å². The molecule has 1 heterocycles. The zero-order valence-corrected chi connectivity index (χ0v) is 13.9. The first kappa shape index (κ1) is 16.2. The highest BCUT2D eigenvalue weighted by Gasteiger charge is 2.22. The van der Waals surface area contributed by atoms with Gasteiger partial charge in [0.25, 0.3) is 0 Å². The first-order valence-electron chi connectivity index (χ1n) is 7.32. The molecule has 1 aromatic carbocycles. The van der Waals surface area contributed by atoms with Gasteiger partial charge in [0.15, 0.2) is 5.96 Å². The molecule has 0 bridgehead atoms. The molecule has 0 spiro atoms. The smallest absolute Gasteiger partial charge is 0.188 e. The van der Waals surface area contributed by atoms with E-state index in [2.05, 4.69) is 38.1 Å². The lowest BCUT2D eigenvalue weighted by Gasteiger charge is -2.23. The number of likely N-dealkylation sites (tertiary alicyclic amines) is 1. The fraction of sp³-hybridized carbons (Fsp3) is 0.533. The number of nitrogens with one attached hydrogen (secondary N) is 1. The van der Waals surface area contributed by atoms with Crippen LogP contribution in [0.1, 0.15) is 25.3 Å². The highest BCUT2D eigenvalue weighted by molar-refractivity contribution is 9.10. The fourth-order valence-corrected chi connectivity index (χ4v) is 2.88. The molecule has 6 heteroatoms. The van der Waals surface area contributed by atoms with E-state index in [1.807, 2.05) is 6.07 Å². The van der Waals surface area contributed by atoms with Crippen molar-refractivity contribution in [1.29, 1.82) is 0 Å². The molecule has 1 aromatic rings. The molecule has 0 aliphatic carbocycles. The highest BCUT2D eigenvalue weighted by atomic mass is 79.9. The van der Waals surface area contributed by atoms with Crippen LogP contribution in [-0.4, -0.2) is 36.5 Å². The third-order valence-electron chi connectivity index (χ3n) is 3.84. The average molecular weight is 357 g/mol. The summed E-state index contributed by atoms with van der Waals surface area (Å²) in [6.45, 7) is 5.61. The first-order valence-corrected chi connectivity index (χ1v) is 8.11. The van der Waals surface area contributed by atoms with E-state index >= 15 is 0 Å². The van der Waals surface area contributed by atoms with E-state index in [0.29, 0.717) is 23.0 Å². The Balaban J connectivity index is 1.82. The van der Waals surface area contributed by atoms with Gasteiger partial charge in [-0.05, 0) is 59.6 Å². The van der Waals surface area contributed by atoms with E-state index in [9.17, 15) is 4.39 Å². The number of halogens is 2. The van der Waals surface area contributed by atoms with E-state index in [0.717, 1.165) is 25.2 Å². The molecule has 116 valence electrons. The number of nitrogens with two attached hydrogens (primary N) is 1. The summed E-state index contributed by atoms with van der Waals surface area (Å²) >= 11 is 3.13. The zero-order chi connectivity index (χ0) is 15.2. The molecule has 1 aliphatic rings. The van der Waals surface area contributed by atoms with E-state index in [4.69, 9.17) is 5.73 Å². The second-order valence-corrected chi connectivity index (χ2v) is 6.11. The molecule has 21 heavy (non-hydrogen) atoms. The van der Waals surface area contributed by atoms with Gasteiger partial charge in [-0.15, -0.1) is 0 Å². The number of likely N-dealkylation sites (N-methyl/N-ethyl adjacent to an activating group) is 1. The van der Waals surface area contributed by atoms with Gasteiger partial charge in [0.2, 0.25) is 0 Å². The predicted octanol–water partition coefficient (Wildman–Crippen LogP) is 2.48. The summed E-state index contributed by atoms with van der Waals surface area (Å²) in [5.41, 5.74) is 6.67. The van der Waals surface area contributed by atoms with Crippen molar-refractivity contribution in [3.05, 3.63) is 34.1 Å². The van der Waals surface area contributed by atoms with Gasteiger partial charge in [0.05, 0.1) is 11.0 Å². The molecule has 1 aliphatic heterocycles. The summed E-state index contributed by atoms with van der Waals surface area (Å²) in [5, 5.41) is 3.17. The molecule has 0 aromatic heterocycles. The van der Waals surface area contributed by atoms with Crippen molar-refractivity contribution in [2.24, 2.45) is 10.7 Å². The van der Waals surface area contributed by atoms with Gasteiger partial charge in [-0.2, -0.15) is 0 Å². The minimum Gasteiger partial charge on any atom is -0.370 e. The van der Waals surface area contributed by atoms with Gasteiger partial charge in [-0.25, -0.2) is 9.38 Å². The van der Waals surface area contributed by atoms with Crippen LogP contribution in [0.5, 0.6) is 0 Å². The van der Waals surface area contributed by atoms with E-state index < -0.39 is 0 Å². The Labute approximate surface area is 133 Å². The van der Waals surface area contributed by atoms with E-state index in [1.165, 1.54) is 18.9 Å². The van der Waals surface area contributed by atoms with Gasteiger partial charge in [0.1, 0.15) is 5.82 Å². The van der Waals surface area contributed by atoms with Crippen LogP contribution < -0.4 is 11.1 Å². The quantitative estimate of drug-likeness (QED) is 0.629. The highest BCUT2D eigenvalue weighted by Crippen LogP contribution is 2.17. The van der Waals surface area contributed by atoms with E-state index in [-0.39, 0.29) is 5.82 Å². The molecule has 0 saturated carbocycles. The monoisotopic (exact) mass is 356 g/mol. The summed E-state index contributed by atoms with van der Waals surface area (Å²) in [5.74, 6) is 0.139. The van der Waals surface area contributed by atoms with Crippen molar-refractivity contribution >= 4 is 21.9 Å². The molecule has 2 rings (SSSR count). The van der Waals surface area contributed by atoms with Crippen LogP contribution in [-0.2, 0) is 6.54 Å². The van der Waals surface area contributed by atoms with Crippen LogP contribution >= 0.6 is 15.9 Å². The Morgan fingerprint density at radius 2 is 2.38 bits per heavy atom. The maximum Gasteiger partial charge on any atom is 0.188 e. The third-order valence-corrected chi connectivity index (χ3v) is 4.48. The number of rotatable bonds is 5. The van der Waals surface area contributed by atoms with Gasteiger partial charge in [0, 0.05) is 12.6 Å². The van der Waals surface area contributed by atoms with Crippen LogP contribution in [0.15, 0.2) is 27.7 Å². The normalized spacial score (nSPS) is 20.0. The summed E-state index contributed by atoms with van der Waals surface area (Å²) in [6.07, 6.45) is 2.45. The van der Waals surface area contributed by atoms with Gasteiger partial charge in [-0.1, -0.05) is 13.0 Å². The number of aliphatic imine (C=N–C) groups is 1. The topological polar surface area (TPSA) is 53.6 Å². The molecule has 1 unspecified atom stereocenters. The molecule has 0 radical (unpaired) electrons. The van der Waals surface area contributed by atoms with Crippen molar-refractivity contribution in [3.8, 4) is 0 Å². The third kappa shape index (κ3) is 4.68. The predicted molar refractivity (Wildman–Crippen MR) is 87.7 cm³/mol.